The van der Waals surface area contributed by atoms with Crippen molar-refractivity contribution in [2.75, 3.05) is 24.7 Å². The minimum absolute atomic E-state index is 0.0242. The van der Waals surface area contributed by atoms with Crippen LogP contribution in [0, 0.1) is 6.92 Å². The van der Waals surface area contributed by atoms with E-state index in [9.17, 15) is 8.42 Å². The molecule has 1 saturated heterocycles. The summed E-state index contributed by atoms with van der Waals surface area (Å²) in [4.78, 5) is 4.37. The molecule has 1 aliphatic heterocycles. The van der Waals surface area contributed by atoms with Gasteiger partial charge in [0.1, 0.15) is 5.82 Å². The van der Waals surface area contributed by atoms with Crippen LogP contribution in [-0.4, -0.2) is 43.1 Å². The fraction of sp³-hybridized carbons (Fsp3) is 0.583. The Morgan fingerprint density at radius 2 is 2.26 bits per heavy atom. The Morgan fingerprint density at radius 1 is 1.53 bits per heavy atom. The van der Waals surface area contributed by atoms with Crippen LogP contribution in [0.4, 0.5) is 5.82 Å². The van der Waals surface area contributed by atoms with Crippen LogP contribution in [0.25, 0.3) is 0 Å². The van der Waals surface area contributed by atoms with E-state index in [1.54, 1.807) is 4.31 Å². The van der Waals surface area contributed by atoms with Crippen molar-refractivity contribution in [1.82, 2.24) is 9.29 Å². The molecule has 0 amide bonds. The molecule has 106 valence electrons. The van der Waals surface area contributed by atoms with Crippen LogP contribution < -0.4 is 5.32 Å². The van der Waals surface area contributed by atoms with Crippen molar-refractivity contribution in [3.63, 3.8) is 0 Å². The molecule has 0 spiro atoms. The molecule has 0 aromatic carbocycles. The van der Waals surface area contributed by atoms with Crippen molar-refractivity contribution >= 4 is 31.8 Å². The molecular weight excluding hydrogens is 330 g/mol. The molecule has 0 radical (unpaired) electrons. The number of aromatic nitrogens is 1. The largest absolute Gasteiger partial charge is 0.368 e. The first-order valence-corrected chi connectivity index (χ1v) is 8.85. The van der Waals surface area contributed by atoms with Gasteiger partial charge in [0, 0.05) is 29.3 Å². The van der Waals surface area contributed by atoms with Crippen LogP contribution in [-0.2, 0) is 10.0 Å². The first kappa shape index (κ1) is 14.7. The van der Waals surface area contributed by atoms with Crippen molar-refractivity contribution in [2.45, 2.75) is 25.8 Å². The number of anilines is 1. The van der Waals surface area contributed by atoms with E-state index in [0.717, 1.165) is 28.8 Å². The number of aryl methyl sites for hydroxylation is 1. The van der Waals surface area contributed by atoms with Crippen LogP contribution >= 0.6 is 15.9 Å². The number of nitrogens with zero attached hydrogens (tertiary/aromatic N) is 2. The number of sulfonamides is 1. The Balaban J connectivity index is 2.02. The lowest BCUT2D eigenvalue weighted by Crippen LogP contribution is -2.38. The smallest absolute Gasteiger partial charge is 0.211 e. The molecule has 19 heavy (non-hydrogen) atoms. The Labute approximate surface area is 122 Å². The highest BCUT2D eigenvalue weighted by molar-refractivity contribution is 9.10. The first-order chi connectivity index (χ1) is 8.86. The number of halogens is 1. The standard InChI is InChI=1S/C12H18BrN3O2S/c1-9-6-10(13)7-12(15-9)14-8-11-4-3-5-16(11)19(2,17)18/h6-7,11H,3-5,8H2,1-2H3,(H,14,15)/t11-/m1/s1. The zero-order valence-corrected chi connectivity index (χ0v) is 13.5. The van der Waals surface area contributed by atoms with Gasteiger partial charge in [-0.15, -0.1) is 0 Å². The third-order valence-corrected chi connectivity index (χ3v) is 4.98. The fourth-order valence-electron chi connectivity index (χ4n) is 2.39. The van der Waals surface area contributed by atoms with Gasteiger partial charge in [-0.05, 0) is 31.9 Å². The summed E-state index contributed by atoms with van der Waals surface area (Å²) in [6.45, 7) is 3.14. The maximum atomic E-state index is 11.6. The molecule has 5 nitrogen and oxygen atoms in total. The van der Waals surface area contributed by atoms with Gasteiger partial charge in [-0.25, -0.2) is 13.4 Å². The third kappa shape index (κ3) is 3.90. The van der Waals surface area contributed by atoms with E-state index >= 15 is 0 Å². The van der Waals surface area contributed by atoms with Crippen LogP contribution in [0.5, 0.6) is 0 Å². The minimum Gasteiger partial charge on any atom is -0.368 e. The molecular formula is C12H18BrN3O2S. The first-order valence-electron chi connectivity index (χ1n) is 6.21. The molecule has 1 N–H and O–H groups in total. The van der Waals surface area contributed by atoms with Gasteiger partial charge in [-0.3, -0.25) is 0 Å². The summed E-state index contributed by atoms with van der Waals surface area (Å²) in [5, 5.41) is 3.22. The molecule has 1 aliphatic rings. The van der Waals surface area contributed by atoms with Gasteiger partial charge >= 0.3 is 0 Å². The number of rotatable bonds is 4. The second kappa shape index (κ2) is 5.76. The zero-order valence-electron chi connectivity index (χ0n) is 11.1. The van der Waals surface area contributed by atoms with E-state index in [-0.39, 0.29) is 6.04 Å². The van der Waals surface area contributed by atoms with E-state index in [1.165, 1.54) is 6.26 Å². The average molecular weight is 348 g/mol. The summed E-state index contributed by atoms with van der Waals surface area (Å²) in [6, 6.07) is 3.85. The molecule has 0 aliphatic carbocycles. The van der Waals surface area contributed by atoms with Gasteiger partial charge in [0.15, 0.2) is 0 Å². The molecule has 7 heteroatoms. The topological polar surface area (TPSA) is 62.3 Å². The summed E-state index contributed by atoms with van der Waals surface area (Å²) in [7, 11) is -3.11. The van der Waals surface area contributed by atoms with Gasteiger partial charge in [0.05, 0.1) is 6.26 Å². The molecule has 0 saturated carbocycles. The average Bonchev–Trinajstić information content (AvgIpc) is 2.72. The van der Waals surface area contributed by atoms with Gasteiger partial charge in [0.25, 0.3) is 0 Å². The molecule has 0 unspecified atom stereocenters. The molecule has 2 heterocycles. The summed E-state index contributed by atoms with van der Waals surface area (Å²) in [5.41, 5.74) is 0.920. The number of nitrogens with one attached hydrogen (secondary N) is 1. The zero-order chi connectivity index (χ0) is 14.0. The third-order valence-electron chi connectivity index (χ3n) is 3.19. The van der Waals surface area contributed by atoms with Gasteiger partial charge in [0.2, 0.25) is 10.0 Å². The molecule has 1 aromatic rings. The van der Waals surface area contributed by atoms with Gasteiger partial charge < -0.3 is 5.32 Å². The predicted molar refractivity (Wildman–Crippen MR) is 79.7 cm³/mol. The van der Waals surface area contributed by atoms with Crippen LogP contribution in [0.1, 0.15) is 18.5 Å². The molecule has 0 bridgehead atoms. The lowest BCUT2D eigenvalue weighted by molar-refractivity contribution is 0.402. The lowest BCUT2D eigenvalue weighted by Gasteiger charge is -2.22. The predicted octanol–water partition coefficient (Wildman–Crippen LogP) is 1.99. The molecule has 1 aromatic heterocycles. The van der Waals surface area contributed by atoms with E-state index in [4.69, 9.17) is 0 Å². The highest BCUT2D eigenvalue weighted by atomic mass is 79.9. The number of hydrogen-bond acceptors (Lipinski definition) is 4. The second-order valence-electron chi connectivity index (χ2n) is 4.86. The highest BCUT2D eigenvalue weighted by Crippen LogP contribution is 2.21. The van der Waals surface area contributed by atoms with Crippen molar-refractivity contribution in [3.8, 4) is 0 Å². The maximum absolute atomic E-state index is 11.6. The molecule has 1 atom stereocenters. The highest BCUT2D eigenvalue weighted by Gasteiger charge is 2.31. The van der Waals surface area contributed by atoms with Gasteiger partial charge in [-0.2, -0.15) is 4.31 Å². The quantitative estimate of drug-likeness (QED) is 0.904. The van der Waals surface area contributed by atoms with E-state index in [0.29, 0.717) is 13.1 Å². The van der Waals surface area contributed by atoms with Crippen molar-refractivity contribution in [1.29, 1.82) is 0 Å². The number of hydrogen-bond donors (Lipinski definition) is 1. The van der Waals surface area contributed by atoms with Crippen molar-refractivity contribution in [2.24, 2.45) is 0 Å². The SMILES string of the molecule is Cc1cc(Br)cc(NC[C@H]2CCCN2S(C)(=O)=O)n1. The van der Waals surface area contributed by atoms with Crippen LogP contribution in [0.15, 0.2) is 16.6 Å². The van der Waals surface area contributed by atoms with Crippen molar-refractivity contribution < 1.29 is 8.42 Å². The van der Waals surface area contributed by atoms with E-state index < -0.39 is 10.0 Å². The Hall–Kier alpha value is -0.660. The second-order valence-corrected chi connectivity index (χ2v) is 7.71. The number of pyridine rings is 1. The summed E-state index contributed by atoms with van der Waals surface area (Å²) < 4.78 is 25.8. The monoisotopic (exact) mass is 347 g/mol. The summed E-state index contributed by atoms with van der Waals surface area (Å²) in [6.07, 6.45) is 3.09. The fourth-order valence-corrected chi connectivity index (χ4v) is 4.12. The van der Waals surface area contributed by atoms with E-state index in [2.05, 4.69) is 26.2 Å². The summed E-state index contributed by atoms with van der Waals surface area (Å²) in [5.74, 6) is 0.771. The Bertz CT molecular complexity index is 542. The van der Waals surface area contributed by atoms with Gasteiger partial charge in [-0.1, -0.05) is 15.9 Å². The van der Waals surface area contributed by atoms with Crippen LogP contribution in [0.3, 0.4) is 0 Å². The normalized spacial score (nSPS) is 20.7. The molecule has 1 fully saturated rings. The molecule has 2 rings (SSSR count). The summed E-state index contributed by atoms with van der Waals surface area (Å²) >= 11 is 3.42. The van der Waals surface area contributed by atoms with Crippen LogP contribution in [0.2, 0.25) is 0 Å². The lowest BCUT2D eigenvalue weighted by atomic mass is 10.2. The Kier molecular flexibility index (Phi) is 4.47. The minimum atomic E-state index is -3.11. The maximum Gasteiger partial charge on any atom is 0.211 e. The van der Waals surface area contributed by atoms with E-state index in [1.807, 2.05) is 19.1 Å². The van der Waals surface area contributed by atoms with Crippen molar-refractivity contribution in [3.05, 3.63) is 22.3 Å². The Morgan fingerprint density at radius 3 is 2.89 bits per heavy atom.